The van der Waals surface area contributed by atoms with Crippen molar-refractivity contribution in [3.05, 3.63) is 65.4 Å². The van der Waals surface area contributed by atoms with Gasteiger partial charge in [-0.1, -0.05) is 65.3 Å². The van der Waals surface area contributed by atoms with Gasteiger partial charge in [0.1, 0.15) is 0 Å². The first kappa shape index (κ1) is 14.4. The Labute approximate surface area is 134 Å². The molecule has 0 fully saturated rings. The number of rotatable bonds is 2. The van der Waals surface area contributed by atoms with Crippen LogP contribution in [0.3, 0.4) is 0 Å². The van der Waals surface area contributed by atoms with E-state index in [2.05, 4.69) is 43.0 Å². The lowest BCUT2D eigenvalue weighted by atomic mass is 10.1. The van der Waals surface area contributed by atoms with Crippen molar-refractivity contribution in [3.8, 4) is 0 Å². The van der Waals surface area contributed by atoms with Crippen molar-refractivity contribution in [1.82, 2.24) is 0 Å². The van der Waals surface area contributed by atoms with Crippen LogP contribution in [0.1, 0.15) is 18.1 Å². The van der Waals surface area contributed by atoms with Crippen molar-refractivity contribution < 1.29 is 0 Å². The molecule has 0 aliphatic carbocycles. The van der Waals surface area contributed by atoms with Crippen LogP contribution in [0.25, 0.3) is 4.91 Å². The normalized spacial score (nSPS) is 18.4. The molecular formula is C17H17ClN2S. The van der Waals surface area contributed by atoms with Gasteiger partial charge < -0.3 is 10.6 Å². The lowest BCUT2D eigenvalue weighted by Gasteiger charge is -2.24. The molecular weight excluding hydrogens is 300 g/mol. The largest absolute Gasteiger partial charge is 0.397 e. The first-order valence-corrected chi connectivity index (χ1v) is 8.12. The third kappa shape index (κ3) is 2.63. The molecule has 2 aromatic carbocycles. The summed E-state index contributed by atoms with van der Waals surface area (Å²) in [4.78, 5) is 3.13. The van der Waals surface area contributed by atoms with E-state index >= 15 is 0 Å². The topological polar surface area (TPSA) is 29.3 Å². The number of allylic oxidation sites excluding steroid dienone is 1. The lowest BCUT2D eigenvalue weighted by molar-refractivity contribution is 1.05. The zero-order valence-corrected chi connectivity index (χ0v) is 13.6. The number of thioether (sulfide) groups is 1. The molecule has 4 heteroatoms. The number of alkyl halides is 1. The van der Waals surface area contributed by atoms with Gasteiger partial charge in [0.05, 0.1) is 11.4 Å². The first-order chi connectivity index (χ1) is 10.1. The highest BCUT2D eigenvalue weighted by atomic mass is 35.5. The number of hydrogen-bond donors (Lipinski definition) is 1. The smallest absolute Gasteiger partial charge is 0.159 e. The standard InChI is InChI=1S/C17H17ClN2S/c1-11-7-9-13(10-8-11)16-12(2)20(17(18)21-16)15-6-4-3-5-14(15)19/h3-10,17H,19H2,1-2H3. The highest BCUT2D eigenvalue weighted by molar-refractivity contribution is 8.10. The number of hydrogen-bond acceptors (Lipinski definition) is 3. The fourth-order valence-corrected chi connectivity index (χ4v) is 4.11. The molecule has 0 saturated carbocycles. The Hall–Kier alpha value is -1.58. The average Bonchev–Trinajstić information content (AvgIpc) is 2.76. The van der Waals surface area contributed by atoms with Gasteiger partial charge in [0, 0.05) is 10.6 Å². The Bertz CT molecular complexity index is 694. The van der Waals surface area contributed by atoms with E-state index in [4.69, 9.17) is 17.3 Å². The number of halogens is 1. The van der Waals surface area contributed by atoms with Crippen LogP contribution in [0.4, 0.5) is 11.4 Å². The van der Waals surface area contributed by atoms with Crippen LogP contribution in [-0.2, 0) is 0 Å². The molecule has 0 amide bonds. The molecule has 1 aliphatic heterocycles. The monoisotopic (exact) mass is 316 g/mol. The molecule has 108 valence electrons. The van der Waals surface area contributed by atoms with E-state index in [-0.39, 0.29) is 4.83 Å². The van der Waals surface area contributed by atoms with Crippen molar-refractivity contribution in [3.63, 3.8) is 0 Å². The zero-order valence-electron chi connectivity index (χ0n) is 12.0. The van der Waals surface area contributed by atoms with Crippen molar-refractivity contribution in [2.24, 2.45) is 0 Å². The van der Waals surface area contributed by atoms with Crippen molar-refractivity contribution in [2.75, 3.05) is 10.6 Å². The summed E-state index contributed by atoms with van der Waals surface area (Å²) < 4.78 is 0. The predicted molar refractivity (Wildman–Crippen MR) is 94.3 cm³/mol. The minimum atomic E-state index is -0.175. The molecule has 1 unspecified atom stereocenters. The average molecular weight is 317 g/mol. The van der Waals surface area contributed by atoms with E-state index in [1.54, 1.807) is 11.8 Å². The van der Waals surface area contributed by atoms with E-state index in [9.17, 15) is 0 Å². The van der Waals surface area contributed by atoms with Crippen LogP contribution in [0, 0.1) is 6.92 Å². The van der Waals surface area contributed by atoms with Crippen molar-refractivity contribution in [2.45, 2.75) is 18.7 Å². The highest BCUT2D eigenvalue weighted by Crippen LogP contribution is 2.48. The van der Waals surface area contributed by atoms with Gasteiger partial charge in [-0.2, -0.15) is 0 Å². The number of benzene rings is 2. The number of nitrogen functional groups attached to an aromatic ring is 1. The molecule has 21 heavy (non-hydrogen) atoms. The SMILES string of the molecule is CC1=C(c2ccc(C)cc2)SC(Cl)N1c1ccccc1N. The number of anilines is 2. The quantitative estimate of drug-likeness (QED) is 0.478. The third-order valence-corrected chi connectivity index (χ3v) is 5.25. The summed E-state index contributed by atoms with van der Waals surface area (Å²) in [6.07, 6.45) is 0. The van der Waals surface area contributed by atoms with E-state index in [1.807, 2.05) is 24.3 Å². The number of para-hydroxylation sites is 2. The number of aryl methyl sites for hydroxylation is 1. The lowest BCUT2D eigenvalue weighted by Crippen LogP contribution is -2.23. The molecule has 2 aromatic rings. The van der Waals surface area contributed by atoms with E-state index in [0.29, 0.717) is 0 Å². The summed E-state index contributed by atoms with van der Waals surface area (Å²) in [5.41, 5.74) is 11.4. The summed E-state index contributed by atoms with van der Waals surface area (Å²) >= 11 is 8.21. The van der Waals surface area contributed by atoms with Crippen LogP contribution in [-0.4, -0.2) is 4.83 Å². The van der Waals surface area contributed by atoms with Gasteiger partial charge in [0.2, 0.25) is 0 Å². The van der Waals surface area contributed by atoms with Gasteiger partial charge in [-0.15, -0.1) is 0 Å². The molecule has 0 aromatic heterocycles. The number of nitrogens with zero attached hydrogens (tertiary/aromatic N) is 1. The molecule has 1 heterocycles. The van der Waals surface area contributed by atoms with Crippen LogP contribution in [0.2, 0.25) is 0 Å². The van der Waals surface area contributed by atoms with Crippen LogP contribution >= 0.6 is 23.4 Å². The molecule has 0 saturated heterocycles. The maximum Gasteiger partial charge on any atom is 0.159 e. The Balaban J connectivity index is 2.04. The molecule has 3 rings (SSSR count). The Morgan fingerprint density at radius 1 is 1.05 bits per heavy atom. The fourth-order valence-electron chi connectivity index (χ4n) is 2.48. The minimum Gasteiger partial charge on any atom is -0.397 e. The molecule has 2 N–H and O–H groups in total. The Morgan fingerprint density at radius 2 is 1.71 bits per heavy atom. The van der Waals surface area contributed by atoms with Gasteiger partial charge in [0.25, 0.3) is 0 Å². The van der Waals surface area contributed by atoms with E-state index in [0.717, 1.165) is 17.1 Å². The summed E-state index contributed by atoms with van der Waals surface area (Å²) in [5, 5.41) is 0. The van der Waals surface area contributed by atoms with Crippen LogP contribution < -0.4 is 10.6 Å². The second-order valence-corrected chi connectivity index (χ2v) is 6.88. The van der Waals surface area contributed by atoms with Gasteiger partial charge in [-0.25, -0.2) is 0 Å². The summed E-state index contributed by atoms with van der Waals surface area (Å²) in [5.74, 6) is 0. The second kappa shape index (κ2) is 5.66. The molecule has 0 spiro atoms. The van der Waals surface area contributed by atoms with Gasteiger partial charge in [-0.05, 0) is 31.5 Å². The number of nitrogens with two attached hydrogens (primary N) is 1. The minimum absolute atomic E-state index is 0.175. The van der Waals surface area contributed by atoms with Crippen LogP contribution in [0.5, 0.6) is 0 Å². The van der Waals surface area contributed by atoms with Crippen molar-refractivity contribution in [1.29, 1.82) is 0 Å². The molecule has 1 atom stereocenters. The second-order valence-electron chi connectivity index (χ2n) is 5.12. The van der Waals surface area contributed by atoms with Gasteiger partial charge in [-0.3, -0.25) is 0 Å². The maximum absolute atomic E-state index is 6.55. The predicted octanol–water partition coefficient (Wildman–Crippen LogP) is 5.04. The van der Waals surface area contributed by atoms with Gasteiger partial charge >= 0.3 is 0 Å². The maximum atomic E-state index is 6.55. The molecule has 1 aliphatic rings. The third-order valence-electron chi connectivity index (χ3n) is 3.62. The molecule has 0 radical (unpaired) electrons. The van der Waals surface area contributed by atoms with Crippen molar-refractivity contribution >= 4 is 39.6 Å². The Morgan fingerprint density at radius 3 is 2.38 bits per heavy atom. The highest BCUT2D eigenvalue weighted by Gasteiger charge is 2.31. The fraction of sp³-hybridized carbons (Fsp3) is 0.176. The zero-order chi connectivity index (χ0) is 15.0. The van der Waals surface area contributed by atoms with Crippen LogP contribution in [0.15, 0.2) is 54.2 Å². The summed E-state index contributed by atoms with van der Waals surface area (Å²) in [6, 6.07) is 16.4. The van der Waals surface area contributed by atoms with E-state index < -0.39 is 0 Å². The molecule has 2 nitrogen and oxygen atoms in total. The first-order valence-electron chi connectivity index (χ1n) is 6.80. The Kier molecular flexibility index (Phi) is 3.87. The summed E-state index contributed by atoms with van der Waals surface area (Å²) in [7, 11) is 0. The summed E-state index contributed by atoms with van der Waals surface area (Å²) in [6.45, 7) is 4.19. The van der Waals surface area contributed by atoms with E-state index in [1.165, 1.54) is 16.0 Å². The molecule has 0 bridgehead atoms. The van der Waals surface area contributed by atoms with Gasteiger partial charge in [0.15, 0.2) is 4.83 Å².